The van der Waals surface area contributed by atoms with Gasteiger partial charge < -0.3 is 20.5 Å². The zero-order valence-electron chi connectivity index (χ0n) is 15.2. The number of fused-ring (bicyclic) bond motifs is 1. The molecule has 1 atom stereocenters. The van der Waals surface area contributed by atoms with Crippen LogP contribution in [0.1, 0.15) is 36.4 Å². The largest absolute Gasteiger partial charge is 0.494 e. The second-order valence-corrected chi connectivity index (χ2v) is 7.08. The van der Waals surface area contributed by atoms with E-state index in [0.717, 1.165) is 43.5 Å². The molecule has 0 aromatic heterocycles. The van der Waals surface area contributed by atoms with E-state index in [4.69, 9.17) is 15.3 Å². The summed E-state index contributed by atoms with van der Waals surface area (Å²) in [6.45, 7) is 2.85. The van der Waals surface area contributed by atoms with E-state index in [0.29, 0.717) is 25.3 Å². The molecule has 8 nitrogen and oxygen atoms in total. The number of hydrogen-bond acceptors (Lipinski definition) is 6. The molecule has 1 amide bonds. The summed E-state index contributed by atoms with van der Waals surface area (Å²) in [6.07, 6.45) is 1.92. The van der Waals surface area contributed by atoms with Crippen molar-refractivity contribution in [3.63, 3.8) is 0 Å². The van der Waals surface area contributed by atoms with Crippen LogP contribution in [-0.2, 0) is 6.42 Å². The predicted molar refractivity (Wildman–Crippen MR) is 100 cm³/mol. The Balaban J connectivity index is 1.67. The fraction of sp³-hybridized carbons (Fsp3) is 0.526. The van der Waals surface area contributed by atoms with Crippen molar-refractivity contribution in [1.29, 1.82) is 10.7 Å². The average Bonchev–Trinajstić information content (AvgIpc) is 2.67. The van der Waals surface area contributed by atoms with Crippen molar-refractivity contribution in [3.8, 4) is 11.8 Å². The van der Waals surface area contributed by atoms with Crippen molar-refractivity contribution in [2.45, 2.75) is 31.7 Å². The smallest absolute Gasteiger partial charge is 0.410 e. The van der Waals surface area contributed by atoms with Gasteiger partial charge in [0.1, 0.15) is 11.6 Å². The first-order valence-electron chi connectivity index (χ1n) is 9.22. The zero-order chi connectivity index (χ0) is 19.3. The third-order valence-corrected chi connectivity index (χ3v) is 5.35. The van der Waals surface area contributed by atoms with Gasteiger partial charge in [-0.25, -0.2) is 4.79 Å². The van der Waals surface area contributed by atoms with Gasteiger partial charge >= 0.3 is 6.09 Å². The molecule has 1 unspecified atom stereocenters. The van der Waals surface area contributed by atoms with E-state index in [1.807, 2.05) is 18.2 Å². The number of ether oxygens (including phenoxy) is 1. The molecule has 2 aliphatic rings. The van der Waals surface area contributed by atoms with Crippen molar-refractivity contribution >= 4 is 11.9 Å². The van der Waals surface area contributed by atoms with Gasteiger partial charge in [-0.1, -0.05) is 6.07 Å². The summed E-state index contributed by atoms with van der Waals surface area (Å²) >= 11 is 0. The van der Waals surface area contributed by atoms with Crippen molar-refractivity contribution in [1.82, 2.24) is 16.0 Å². The number of nitrogens with zero attached hydrogens (tertiary/aromatic N) is 1. The molecule has 5 N–H and O–H groups in total. The van der Waals surface area contributed by atoms with Crippen molar-refractivity contribution in [3.05, 3.63) is 29.3 Å². The minimum Gasteiger partial charge on any atom is -0.494 e. The number of nitriles is 1. The Morgan fingerprint density at radius 2 is 2.19 bits per heavy atom. The fourth-order valence-electron chi connectivity index (χ4n) is 3.75. The quantitative estimate of drug-likeness (QED) is 0.396. The van der Waals surface area contributed by atoms with E-state index < -0.39 is 12.1 Å². The Bertz CT molecular complexity index is 752. The maximum atomic E-state index is 10.8. The van der Waals surface area contributed by atoms with Gasteiger partial charge in [-0.15, -0.1) is 0 Å². The van der Waals surface area contributed by atoms with Crippen LogP contribution in [0.3, 0.4) is 0 Å². The Morgan fingerprint density at radius 1 is 1.41 bits per heavy atom. The van der Waals surface area contributed by atoms with E-state index in [2.05, 4.69) is 22.0 Å². The van der Waals surface area contributed by atoms with Crippen molar-refractivity contribution in [2.24, 2.45) is 5.41 Å². The highest BCUT2D eigenvalue weighted by atomic mass is 16.5. The number of amides is 1. The Labute approximate surface area is 158 Å². The van der Waals surface area contributed by atoms with Crippen LogP contribution in [0.25, 0.3) is 0 Å². The number of rotatable bonds is 5. The number of carbonyl (C=O) groups is 1. The van der Waals surface area contributed by atoms with E-state index in [1.165, 1.54) is 0 Å². The number of hydrogen-bond donors (Lipinski definition) is 5. The summed E-state index contributed by atoms with van der Waals surface area (Å²) in [5.41, 5.74) is 1.61. The highest BCUT2D eigenvalue weighted by Crippen LogP contribution is 2.32. The molecular formula is C19H25N5O3. The summed E-state index contributed by atoms with van der Waals surface area (Å²) < 4.78 is 5.90. The lowest BCUT2D eigenvalue weighted by molar-refractivity contribution is 0.199. The van der Waals surface area contributed by atoms with Crippen LogP contribution in [0.15, 0.2) is 18.2 Å². The van der Waals surface area contributed by atoms with Gasteiger partial charge in [-0.3, -0.25) is 10.7 Å². The molecule has 144 valence electrons. The SMILES string of the molecule is N#CC1(CCOc2ccc3c(c2)C(C(=N)NC(=O)O)NCC3)CCNCC1. The molecule has 1 aromatic rings. The number of benzene rings is 1. The monoisotopic (exact) mass is 371 g/mol. The summed E-state index contributed by atoms with van der Waals surface area (Å²) in [5, 5.41) is 35.0. The molecule has 8 heteroatoms. The van der Waals surface area contributed by atoms with Gasteiger partial charge in [0.05, 0.1) is 24.1 Å². The molecule has 1 fully saturated rings. The molecule has 0 radical (unpaired) electrons. The van der Waals surface area contributed by atoms with Crippen LogP contribution in [0.2, 0.25) is 0 Å². The first-order valence-corrected chi connectivity index (χ1v) is 9.22. The minimum absolute atomic E-state index is 0.0984. The molecule has 2 heterocycles. The number of amidine groups is 1. The molecule has 0 spiro atoms. The highest BCUT2D eigenvalue weighted by molar-refractivity contribution is 5.96. The van der Waals surface area contributed by atoms with E-state index in [-0.39, 0.29) is 11.3 Å². The molecule has 0 aliphatic carbocycles. The Kier molecular flexibility index (Phi) is 5.94. The van der Waals surface area contributed by atoms with E-state index in [9.17, 15) is 10.1 Å². The van der Waals surface area contributed by atoms with Gasteiger partial charge in [0.2, 0.25) is 0 Å². The minimum atomic E-state index is -1.25. The predicted octanol–water partition coefficient (Wildman–Crippen LogP) is 1.78. The van der Waals surface area contributed by atoms with Crippen LogP contribution in [0.5, 0.6) is 5.75 Å². The van der Waals surface area contributed by atoms with E-state index in [1.54, 1.807) is 0 Å². The third-order valence-electron chi connectivity index (χ3n) is 5.35. The highest BCUT2D eigenvalue weighted by Gasteiger charge is 2.32. The lowest BCUT2D eigenvalue weighted by atomic mass is 9.78. The summed E-state index contributed by atoms with van der Waals surface area (Å²) in [5.74, 6) is 0.575. The molecule has 3 rings (SSSR count). The summed E-state index contributed by atoms with van der Waals surface area (Å²) in [4.78, 5) is 10.8. The van der Waals surface area contributed by atoms with Crippen molar-refractivity contribution < 1.29 is 14.6 Å². The molecule has 0 saturated carbocycles. The maximum absolute atomic E-state index is 10.8. The number of carboxylic acid groups (broad SMARTS) is 1. The normalized spacial score (nSPS) is 20.8. The van der Waals surface area contributed by atoms with Crippen LogP contribution in [-0.4, -0.2) is 43.3 Å². The van der Waals surface area contributed by atoms with Gasteiger partial charge in [-0.2, -0.15) is 5.26 Å². The maximum Gasteiger partial charge on any atom is 0.410 e. The van der Waals surface area contributed by atoms with Gasteiger partial charge in [-0.05, 0) is 55.6 Å². The van der Waals surface area contributed by atoms with Crippen LogP contribution < -0.4 is 20.7 Å². The van der Waals surface area contributed by atoms with Crippen molar-refractivity contribution in [2.75, 3.05) is 26.2 Å². The number of nitrogens with one attached hydrogen (secondary N) is 4. The molecule has 1 saturated heterocycles. The summed E-state index contributed by atoms with van der Waals surface area (Å²) in [7, 11) is 0. The lowest BCUT2D eigenvalue weighted by Crippen LogP contribution is -2.42. The molecular weight excluding hydrogens is 346 g/mol. The molecule has 27 heavy (non-hydrogen) atoms. The molecule has 2 aliphatic heterocycles. The number of piperidine rings is 1. The topological polar surface area (TPSA) is 130 Å². The summed E-state index contributed by atoms with van der Waals surface area (Å²) in [6, 6.07) is 7.71. The van der Waals surface area contributed by atoms with E-state index >= 15 is 0 Å². The lowest BCUT2D eigenvalue weighted by Gasteiger charge is -2.31. The van der Waals surface area contributed by atoms with Crippen LogP contribution in [0, 0.1) is 22.2 Å². The Hall–Kier alpha value is -2.63. The fourth-order valence-corrected chi connectivity index (χ4v) is 3.75. The zero-order valence-corrected chi connectivity index (χ0v) is 15.2. The molecule has 1 aromatic carbocycles. The third kappa shape index (κ3) is 4.56. The van der Waals surface area contributed by atoms with Gasteiger partial charge in [0.15, 0.2) is 0 Å². The van der Waals surface area contributed by atoms with Gasteiger partial charge in [0.25, 0.3) is 0 Å². The van der Waals surface area contributed by atoms with Crippen LogP contribution in [0.4, 0.5) is 4.79 Å². The second kappa shape index (κ2) is 8.37. The average molecular weight is 371 g/mol. The van der Waals surface area contributed by atoms with Gasteiger partial charge in [0, 0.05) is 13.0 Å². The van der Waals surface area contributed by atoms with Crippen LogP contribution >= 0.6 is 0 Å². The second-order valence-electron chi connectivity index (χ2n) is 7.08. The first-order chi connectivity index (χ1) is 13.0. The first kappa shape index (κ1) is 19.1. The molecule has 0 bridgehead atoms. The Morgan fingerprint density at radius 3 is 2.89 bits per heavy atom. The standard InChI is InChI=1S/C19H25N5O3/c20-12-19(4-8-22-9-5-19)6-10-27-14-2-1-13-3-7-23-16(15(13)11-14)17(21)24-18(25)26/h1-2,11,16,22-23H,3-10H2,(H2,21,24)(H,25,26).